The number of aryl methyl sites for hydroxylation is 1. The molecule has 0 aliphatic carbocycles. The Bertz CT molecular complexity index is 363. The van der Waals surface area contributed by atoms with Crippen LogP contribution in [0.15, 0.2) is 10.6 Å². The molecule has 0 saturated carbocycles. The Morgan fingerprint density at radius 1 is 1.39 bits per heavy atom. The number of carbonyl (C=O) groups is 1. The second-order valence-electron chi connectivity index (χ2n) is 4.63. The van der Waals surface area contributed by atoms with E-state index in [4.69, 9.17) is 10.3 Å². The SMILES string of the molecule is Cc1cc(CN(C)C(=O)CCCCCCN)no1. The standard InChI is InChI=1S/C13H23N3O2/c1-11-9-12(15-18-11)10-16(2)13(17)7-5-3-4-6-8-14/h9H,3-8,10,14H2,1-2H3. The summed E-state index contributed by atoms with van der Waals surface area (Å²) in [4.78, 5) is 13.5. The number of rotatable bonds is 8. The van der Waals surface area contributed by atoms with E-state index in [1.807, 2.05) is 13.0 Å². The van der Waals surface area contributed by atoms with Crippen LogP contribution in [0, 0.1) is 6.92 Å². The fraction of sp³-hybridized carbons (Fsp3) is 0.692. The van der Waals surface area contributed by atoms with Crippen LogP contribution in [0.1, 0.15) is 43.6 Å². The van der Waals surface area contributed by atoms with Gasteiger partial charge in [0.05, 0.1) is 6.54 Å². The van der Waals surface area contributed by atoms with E-state index in [-0.39, 0.29) is 5.91 Å². The summed E-state index contributed by atoms with van der Waals surface area (Å²) in [5, 5.41) is 3.88. The molecule has 1 aromatic rings. The van der Waals surface area contributed by atoms with Crippen LogP contribution in [0.25, 0.3) is 0 Å². The first-order valence-electron chi connectivity index (χ1n) is 6.49. The van der Waals surface area contributed by atoms with E-state index < -0.39 is 0 Å². The van der Waals surface area contributed by atoms with Gasteiger partial charge in [-0.15, -0.1) is 0 Å². The van der Waals surface area contributed by atoms with Crippen LogP contribution in [0.4, 0.5) is 0 Å². The summed E-state index contributed by atoms with van der Waals surface area (Å²) in [7, 11) is 1.80. The van der Waals surface area contributed by atoms with Crippen molar-refractivity contribution >= 4 is 5.91 Å². The summed E-state index contributed by atoms with van der Waals surface area (Å²) in [6.07, 6.45) is 4.75. The van der Waals surface area contributed by atoms with Crippen molar-refractivity contribution in [2.75, 3.05) is 13.6 Å². The lowest BCUT2D eigenvalue weighted by atomic mass is 10.1. The smallest absolute Gasteiger partial charge is 0.222 e. The van der Waals surface area contributed by atoms with Crippen molar-refractivity contribution in [1.82, 2.24) is 10.1 Å². The first-order valence-corrected chi connectivity index (χ1v) is 6.49. The number of amides is 1. The number of nitrogens with two attached hydrogens (primary N) is 1. The number of carbonyl (C=O) groups excluding carboxylic acids is 1. The van der Waals surface area contributed by atoms with Gasteiger partial charge in [-0.3, -0.25) is 4.79 Å². The Balaban J connectivity index is 2.20. The fourth-order valence-electron chi connectivity index (χ4n) is 1.79. The summed E-state index contributed by atoms with van der Waals surface area (Å²) in [6.45, 7) is 3.09. The number of unbranched alkanes of at least 4 members (excludes halogenated alkanes) is 3. The zero-order chi connectivity index (χ0) is 13.4. The molecular weight excluding hydrogens is 230 g/mol. The highest BCUT2D eigenvalue weighted by Crippen LogP contribution is 2.08. The van der Waals surface area contributed by atoms with Crippen molar-refractivity contribution in [2.45, 2.75) is 45.6 Å². The molecule has 1 amide bonds. The van der Waals surface area contributed by atoms with Crippen LogP contribution >= 0.6 is 0 Å². The van der Waals surface area contributed by atoms with E-state index >= 15 is 0 Å². The monoisotopic (exact) mass is 253 g/mol. The second-order valence-corrected chi connectivity index (χ2v) is 4.63. The summed E-state index contributed by atoms with van der Waals surface area (Å²) in [5.74, 6) is 0.927. The van der Waals surface area contributed by atoms with Crippen LogP contribution in [0.5, 0.6) is 0 Å². The third-order valence-corrected chi connectivity index (χ3v) is 2.85. The molecule has 0 saturated heterocycles. The highest BCUT2D eigenvalue weighted by Gasteiger charge is 2.10. The van der Waals surface area contributed by atoms with Crippen molar-refractivity contribution in [3.63, 3.8) is 0 Å². The van der Waals surface area contributed by atoms with Crippen molar-refractivity contribution < 1.29 is 9.32 Å². The maximum Gasteiger partial charge on any atom is 0.222 e. The van der Waals surface area contributed by atoms with Crippen LogP contribution in [-0.4, -0.2) is 29.6 Å². The van der Waals surface area contributed by atoms with Gasteiger partial charge in [-0.2, -0.15) is 0 Å². The minimum atomic E-state index is 0.156. The largest absolute Gasteiger partial charge is 0.361 e. The van der Waals surface area contributed by atoms with Gasteiger partial charge < -0.3 is 15.2 Å². The van der Waals surface area contributed by atoms with E-state index in [2.05, 4.69) is 5.16 Å². The van der Waals surface area contributed by atoms with Crippen molar-refractivity contribution in [3.8, 4) is 0 Å². The molecule has 102 valence electrons. The first kappa shape index (κ1) is 14.7. The molecule has 1 aromatic heterocycles. The van der Waals surface area contributed by atoms with Gasteiger partial charge in [-0.05, 0) is 26.3 Å². The molecule has 2 N–H and O–H groups in total. The van der Waals surface area contributed by atoms with E-state index in [9.17, 15) is 4.79 Å². The average Bonchev–Trinajstić information content (AvgIpc) is 2.74. The minimum absolute atomic E-state index is 0.156. The van der Waals surface area contributed by atoms with E-state index in [0.717, 1.165) is 43.7 Å². The van der Waals surface area contributed by atoms with Crippen molar-refractivity contribution in [1.29, 1.82) is 0 Å². The maximum atomic E-state index is 11.8. The number of hydrogen-bond donors (Lipinski definition) is 1. The molecule has 0 unspecified atom stereocenters. The molecule has 0 aliphatic rings. The zero-order valence-electron chi connectivity index (χ0n) is 11.3. The van der Waals surface area contributed by atoms with Gasteiger partial charge >= 0.3 is 0 Å². The van der Waals surface area contributed by atoms with Gasteiger partial charge in [0.2, 0.25) is 5.91 Å². The highest BCUT2D eigenvalue weighted by atomic mass is 16.5. The lowest BCUT2D eigenvalue weighted by Gasteiger charge is -2.15. The molecular formula is C13H23N3O2. The minimum Gasteiger partial charge on any atom is -0.361 e. The molecule has 18 heavy (non-hydrogen) atoms. The number of hydrogen-bond acceptors (Lipinski definition) is 4. The number of aromatic nitrogens is 1. The van der Waals surface area contributed by atoms with Gasteiger partial charge in [0.25, 0.3) is 0 Å². The molecule has 5 heteroatoms. The third-order valence-electron chi connectivity index (χ3n) is 2.85. The Hall–Kier alpha value is -1.36. The number of nitrogens with zero attached hydrogens (tertiary/aromatic N) is 2. The van der Waals surface area contributed by atoms with Crippen LogP contribution in [0.3, 0.4) is 0 Å². The third kappa shape index (κ3) is 5.31. The maximum absolute atomic E-state index is 11.8. The Morgan fingerprint density at radius 3 is 2.72 bits per heavy atom. The van der Waals surface area contributed by atoms with Crippen LogP contribution in [-0.2, 0) is 11.3 Å². The summed E-state index contributed by atoms with van der Waals surface area (Å²) in [5.41, 5.74) is 6.21. The molecule has 1 rings (SSSR count). The molecule has 0 atom stereocenters. The predicted molar refractivity (Wildman–Crippen MR) is 69.9 cm³/mol. The lowest BCUT2D eigenvalue weighted by molar-refractivity contribution is -0.130. The van der Waals surface area contributed by atoms with E-state index in [0.29, 0.717) is 13.0 Å². The topological polar surface area (TPSA) is 72.4 Å². The molecule has 0 aliphatic heterocycles. The lowest BCUT2D eigenvalue weighted by Crippen LogP contribution is -2.25. The van der Waals surface area contributed by atoms with Gasteiger partial charge in [-0.25, -0.2) is 0 Å². The zero-order valence-corrected chi connectivity index (χ0v) is 11.3. The predicted octanol–water partition coefficient (Wildman–Crippen LogP) is 1.85. The Kier molecular flexibility index (Phi) is 6.43. The van der Waals surface area contributed by atoms with Gasteiger partial charge in [0.15, 0.2) is 0 Å². The summed E-state index contributed by atoms with van der Waals surface area (Å²) < 4.78 is 4.97. The Morgan fingerprint density at radius 2 is 2.11 bits per heavy atom. The summed E-state index contributed by atoms with van der Waals surface area (Å²) in [6, 6.07) is 1.85. The van der Waals surface area contributed by atoms with Crippen molar-refractivity contribution in [2.24, 2.45) is 5.73 Å². The van der Waals surface area contributed by atoms with Gasteiger partial charge in [-0.1, -0.05) is 18.0 Å². The first-order chi connectivity index (χ1) is 8.63. The molecule has 0 aromatic carbocycles. The molecule has 5 nitrogen and oxygen atoms in total. The van der Waals surface area contributed by atoms with Crippen molar-refractivity contribution in [3.05, 3.63) is 17.5 Å². The van der Waals surface area contributed by atoms with Gasteiger partial charge in [0.1, 0.15) is 11.5 Å². The molecule has 0 bridgehead atoms. The normalized spacial score (nSPS) is 10.6. The van der Waals surface area contributed by atoms with Crippen LogP contribution < -0.4 is 5.73 Å². The highest BCUT2D eigenvalue weighted by molar-refractivity contribution is 5.75. The average molecular weight is 253 g/mol. The van der Waals surface area contributed by atoms with E-state index in [1.165, 1.54) is 0 Å². The molecule has 0 spiro atoms. The van der Waals surface area contributed by atoms with E-state index in [1.54, 1.807) is 11.9 Å². The molecule has 0 fully saturated rings. The Labute approximate surface area is 108 Å². The summed E-state index contributed by atoms with van der Waals surface area (Å²) >= 11 is 0. The second kappa shape index (κ2) is 7.87. The molecule has 1 heterocycles. The molecule has 0 radical (unpaired) electrons. The van der Waals surface area contributed by atoms with Crippen LogP contribution in [0.2, 0.25) is 0 Å². The fourth-order valence-corrected chi connectivity index (χ4v) is 1.79. The van der Waals surface area contributed by atoms with Gasteiger partial charge in [0, 0.05) is 19.5 Å². The quantitative estimate of drug-likeness (QED) is 0.718.